The van der Waals surface area contributed by atoms with Gasteiger partial charge in [-0.15, -0.1) is 0 Å². The SMILES string of the molecule is CCOC(=O)C1=C(O)/C(=C/c2cn(CCOc3ccc(OC(C)C)cc3)c3ccccc23)SC1=Nc1ccc(Cl)cc1. The molecule has 0 fully saturated rings. The Balaban J connectivity index is 1.40. The van der Waals surface area contributed by atoms with Crippen LogP contribution in [-0.2, 0) is 16.1 Å². The molecule has 1 aromatic heterocycles. The number of carbonyl (C=O) groups is 1. The van der Waals surface area contributed by atoms with Gasteiger partial charge in [-0.3, -0.25) is 0 Å². The quantitative estimate of drug-likeness (QED) is 0.184. The molecule has 0 aliphatic carbocycles. The first-order valence-corrected chi connectivity index (χ1v) is 14.8. The highest BCUT2D eigenvalue weighted by molar-refractivity contribution is 8.18. The number of esters is 1. The number of carbonyl (C=O) groups excluding carboxylic acids is 1. The van der Waals surface area contributed by atoms with Crippen molar-refractivity contribution in [2.75, 3.05) is 13.2 Å². The van der Waals surface area contributed by atoms with Gasteiger partial charge in [0.2, 0.25) is 0 Å². The van der Waals surface area contributed by atoms with E-state index in [1.54, 1.807) is 31.2 Å². The number of rotatable bonds is 10. The summed E-state index contributed by atoms with van der Waals surface area (Å²) in [6.45, 7) is 6.96. The van der Waals surface area contributed by atoms with Gasteiger partial charge >= 0.3 is 5.97 Å². The molecule has 1 N–H and O–H groups in total. The molecule has 0 bridgehead atoms. The van der Waals surface area contributed by atoms with E-state index in [2.05, 4.69) is 9.56 Å². The van der Waals surface area contributed by atoms with Gasteiger partial charge in [0.05, 0.1) is 29.8 Å². The largest absolute Gasteiger partial charge is 0.506 e. The van der Waals surface area contributed by atoms with E-state index >= 15 is 0 Å². The van der Waals surface area contributed by atoms with E-state index in [1.165, 1.54) is 11.8 Å². The summed E-state index contributed by atoms with van der Waals surface area (Å²) in [5.41, 5.74) is 2.58. The number of hydrogen-bond acceptors (Lipinski definition) is 7. The second-order valence-electron chi connectivity index (χ2n) is 9.73. The number of benzene rings is 3. The van der Waals surface area contributed by atoms with Crippen molar-refractivity contribution >= 4 is 57.0 Å². The number of ether oxygens (including phenoxy) is 3. The van der Waals surface area contributed by atoms with Crippen LogP contribution in [0.4, 0.5) is 5.69 Å². The molecule has 1 aliphatic rings. The van der Waals surface area contributed by atoms with Crippen molar-refractivity contribution in [2.24, 2.45) is 4.99 Å². The highest BCUT2D eigenvalue weighted by Crippen LogP contribution is 2.41. The number of aromatic nitrogens is 1. The lowest BCUT2D eigenvalue weighted by atomic mass is 10.1. The Morgan fingerprint density at radius 3 is 2.48 bits per heavy atom. The number of para-hydroxylation sites is 1. The first-order valence-electron chi connectivity index (χ1n) is 13.6. The topological polar surface area (TPSA) is 82.3 Å². The van der Waals surface area contributed by atoms with Crippen molar-refractivity contribution in [3.05, 3.63) is 106 Å². The summed E-state index contributed by atoms with van der Waals surface area (Å²) in [6.07, 6.45) is 4.01. The van der Waals surface area contributed by atoms with Gasteiger partial charge in [0, 0.05) is 27.7 Å². The molecular weight excluding hydrogens is 572 g/mol. The van der Waals surface area contributed by atoms with E-state index in [-0.39, 0.29) is 24.0 Å². The number of aliphatic imine (C=N–C) groups is 1. The van der Waals surface area contributed by atoms with Crippen LogP contribution >= 0.6 is 23.4 Å². The fourth-order valence-electron chi connectivity index (χ4n) is 4.49. The zero-order chi connectivity index (χ0) is 29.6. The van der Waals surface area contributed by atoms with Crippen LogP contribution in [0.3, 0.4) is 0 Å². The third-order valence-corrected chi connectivity index (χ3v) is 7.60. The number of aliphatic hydroxyl groups is 1. The van der Waals surface area contributed by atoms with E-state index < -0.39 is 5.97 Å². The van der Waals surface area contributed by atoms with Crippen molar-refractivity contribution in [1.29, 1.82) is 0 Å². The summed E-state index contributed by atoms with van der Waals surface area (Å²) < 4.78 is 19.1. The first kappa shape index (κ1) is 29.4. The molecule has 1 aliphatic heterocycles. The maximum atomic E-state index is 12.8. The number of hydrogen-bond donors (Lipinski definition) is 1. The van der Waals surface area contributed by atoms with Crippen LogP contribution in [0.25, 0.3) is 17.0 Å². The second-order valence-corrected chi connectivity index (χ2v) is 11.2. The summed E-state index contributed by atoms with van der Waals surface area (Å²) in [5, 5.41) is 13.1. The zero-order valence-corrected chi connectivity index (χ0v) is 25.1. The lowest BCUT2D eigenvalue weighted by molar-refractivity contribution is -0.138. The Morgan fingerprint density at radius 2 is 1.76 bits per heavy atom. The second kappa shape index (κ2) is 13.2. The molecule has 0 atom stereocenters. The Kier molecular flexibility index (Phi) is 9.25. The molecule has 5 rings (SSSR count). The van der Waals surface area contributed by atoms with Gasteiger partial charge in [0.1, 0.15) is 34.5 Å². The average molecular weight is 603 g/mol. The number of halogens is 1. The normalized spacial score (nSPS) is 15.3. The van der Waals surface area contributed by atoms with E-state index in [4.69, 9.17) is 25.8 Å². The molecule has 0 saturated heterocycles. The summed E-state index contributed by atoms with van der Waals surface area (Å²) in [7, 11) is 0. The van der Waals surface area contributed by atoms with E-state index in [9.17, 15) is 9.90 Å². The van der Waals surface area contributed by atoms with Crippen LogP contribution in [0, 0.1) is 0 Å². The van der Waals surface area contributed by atoms with Gasteiger partial charge < -0.3 is 23.9 Å². The monoisotopic (exact) mass is 602 g/mol. The molecular formula is C33H31ClN2O5S. The fourth-order valence-corrected chi connectivity index (χ4v) is 5.64. The standard InChI is InChI=1S/C33H31ClN2O5S/c1-4-39-33(38)30-31(37)29(42-32(30)35-24-11-9-23(34)10-12-24)19-22-20-36(28-8-6-5-7-27(22)28)17-18-40-25-13-15-26(16-14-25)41-21(2)3/h5-16,19-21,37H,4,17-18H2,1-3H3/b29-19-,35-32?. The number of thioether (sulfide) groups is 1. The molecule has 216 valence electrons. The van der Waals surface area contributed by atoms with Gasteiger partial charge in [0.25, 0.3) is 0 Å². The Bertz CT molecular complexity index is 1670. The summed E-state index contributed by atoms with van der Waals surface area (Å²) in [6, 6.07) is 22.6. The predicted octanol–water partition coefficient (Wildman–Crippen LogP) is 8.35. The van der Waals surface area contributed by atoms with Gasteiger partial charge in [-0.1, -0.05) is 41.6 Å². The van der Waals surface area contributed by atoms with Crippen molar-refractivity contribution in [1.82, 2.24) is 4.57 Å². The predicted molar refractivity (Wildman–Crippen MR) is 170 cm³/mol. The lowest BCUT2D eigenvalue weighted by Gasteiger charge is -2.11. The maximum Gasteiger partial charge on any atom is 0.344 e. The molecule has 0 spiro atoms. The van der Waals surface area contributed by atoms with Gasteiger partial charge in [0.15, 0.2) is 0 Å². The average Bonchev–Trinajstić information content (AvgIpc) is 3.47. The minimum Gasteiger partial charge on any atom is -0.506 e. The molecule has 7 nitrogen and oxygen atoms in total. The Labute approximate surface area is 254 Å². The lowest BCUT2D eigenvalue weighted by Crippen LogP contribution is -2.12. The van der Waals surface area contributed by atoms with Crippen LogP contribution in [0.5, 0.6) is 11.5 Å². The minimum atomic E-state index is -0.623. The molecule has 3 aromatic carbocycles. The smallest absolute Gasteiger partial charge is 0.344 e. The van der Waals surface area contributed by atoms with Gasteiger partial charge in [-0.25, -0.2) is 9.79 Å². The van der Waals surface area contributed by atoms with Crippen molar-refractivity contribution in [3.8, 4) is 11.5 Å². The fraction of sp³-hybridized carbons (Fsp3) is 0.212. The van der Waals surface area contributed by atoms with Gasteiger partial charge in [-0.05, 0) is 81.4 Å². The van der Waals surface area contributed by atoms with E-state index in [0.29, 0.717) is 33.8 Å². The van der Waals surface area contributed by atoms with Gasteiger partial charge in [-0.2, -0.15) is 0 Å². The molecule has 9 heteroatoms. The molecule has 0 unspecified atom stereocenters. The van der Waals surface area contributed by atoms with E-state index in [0.717, 1.165) is 28.0 Å². The summed E-state index contributed by atoms with van der Waals surface area (Å²) >= 11 is 7.24. The third kappa shape index (κ3) is 6.83. The van der Waals surface area contributed by atoms with Crippen molar-refractivity contribution in [2.45, 2.75) is 33.4 Å². The summed E-state index contributed by atoms with van der Waals surface area (Å²) in [4.78, 5) is 17.9. The van der Waals surface area contributed by atoms with Crippen molar-refractivity contribution < 1.29 is 24.1 Å². The molecule has 42 heavy (non-hydrogen) atoms. The molecule has 2 heterocycles. The Hall–Kier alpha value is -4.14. The molecule has 0 saturated carbocycles. The minimum absolute atomic E-state index is 0.0463. The van der Waals surface area contributed by atoms with Crippen LogP contribution in [0.1, 0.15) is 26.3 Å². The number of aliphatic hydroxyl groups excluding tert-OH is 1. The van der Waals surface area contributed by atoms with Crippen molar-refractivity contribution in [3.63, 3.8) is 0 Å². The summed E-state index contributed by atoms with van der Waals surface area (Å²) in [5.74, 6) is 0.792. The van der Waals surface area contributed by atoms with Crippen LogP contribution in [0.15, 0.2) is 100 Å². The molecule has 4 aromatic rings. The highest BCUT2D eigenvalue weighted by atomic mass is 35.5. The molecule has 0 radical (unpaired) electrons. The number of nitrogens with zero attached hydrogens (tertiary/aromatic N) is 2. The van der Waals surface area contributed by atoms with Crippen LogP contribution in [0.2, 0.25) is 5.02 Å². The highest BCUT2D eigenvalue weighted by Gasteiger charge is 2.33. The molecule has 0 amide bonds. The maximum absolute atomic E-state index is 12.8. The first-order chi connectivity index (χ1) is 20.3. The Morgan fingerprint density at radius 1 is 1.05 bits per heavy atom. The third-order valence-electron chi connectivity index (χ3n) is 6.33. The van der Waals surface area contributed by atoms with Crippen LogP contribution in [-0.4, -0.2) is 40.0 Å². The van der Waals surface area contributed by atoms with Crippen LogP contribution < -0.4 is 9.47 Å². The zero-order valence-electron chi connectivity index (χ0n) is 23.5. The number of fused-ring (bicyclic) bond motifs is 1. The van der Waals surface area contributed by atoms with E-state index in [1.807, 2.05) is 74.7 Å².